The first-order chi connectivity index (χ1) is 9.16. The SMILES string of the molecule is CC(NC(C)C1CCCC1)C(=O)NCc1ccco1. The summed E-state index contributed by atoms with van der Waals surface area (Å²) in [4.78, 5) is 12.0. The topological polar surface area (TPSA) is 54.3 Å². The Morgan fingerprint density at radius 3 is 2.79 bits per heavy atom. The molecule has 1 fully saturated rings. The number of rotatable bonds is 6. The van der Waals surface area contributed by atoms with Crippen LogP contribution in [-0.2, 0) is 11.3 Å². The highest BCUT2D eigenvalue weighted by molar-refractivity contribution is 5.81. The van der Waals surface area contributed by atoms with E-state index in [4.69, 9.17) is 4.42 Å². The van der Waals surface area contributed by atoms with E-state index in [9.17, 15) is 4.79 Å². The third-order valence-corrected chi connectivity index (χ3v) is 4.03. The van der Waals surface area contributed by atoms with E-state index in [1.54, 1.807) is 6.26 Å². The Balaban J connectivity index is 1.72. The Morgan fingerprint density at radius 2 is 2.16 bits per heavy atom. The molecule has 2 rings (SSSR count). The van der Waals surface area contributed by atoms with Crippen LogP contribution in [0.25, 0.3) is 0 Å². The maximum atomic E-state index is 12.0. The van der Waals surface area contributed by atoms with Crippen molar-refractivity contribution in [1.82, 2.24) is 10.6 Å². The second-order valence-electron chi connectivity index (χ2n) is 5.52. The lowest BCUT2D eigenvalue weighted by Crippen LogP contribution is -2.47. The molecule has 2 unspecified atom stereocenters. The van der Waals surface area contributed by atoms with Gasteiger partial charge in [0, 0.05) is 6.04 Å². The van der Waals surface area contributed by atoms with Crippen LogP contribution in [0.4, 0.5) is 0 Å². The van der Waals surface area contributed by atoms with Crippen molar-refractivity contribution in [3.05, 3.63) is 24.2 Å². The predicted molar refractivity (Wildman–Crippen MR) is 74.6 cm³/mol. The number of carbonyl (C=O) groups is 1. The molecule has 1 saturated carbocycles. The molecule has 106 valence electrons. The largest absolute Gasteiger partial charge is 0.467 e. The minimum atomic E-state index is -0.162. The molecule has 1 aliphatic rings. The van der Waals surface area contributed by atoms with Crippen molar-refractivity contribution >= 4 is 5.91 Å². The quantitative estimate of drug-likeness (QED) is 0.830. The van der Waals surface area contributed by atoms with Crippen molar-refractivity contribution in [3.63, 3.8) is 0 Å². The zero-order valence-corrected chi connectivity index (χ0v) is 11.8. The van der Waals surface area contributed by atoms with Gasteiger partial charge < -0.3 is 15.1 Å². The standard InChI is InChI=1S/C15H24N2O2/c1-11(13-6-3-4-7-13)17-12(2)15(18)16-10-14-8-5-9-19-14/h5,8-9,11-13,17H,3-4,6-7,10H2,1-2H3,(H,16,18). The molecule has 0 aliphatic heterocycles. The van der Waals surface area contributed by atoms with E-state index < -0.39 is 0 Å². The van der Waals surface area contributed by atoms with Gasteiger partial charge in [-0.15, -0.1) is 0 Å². The van der Waals surface area contributed by atoms with Gasteiger partial charge in [-0.2, -0.15) is 0 Å². The maximum absolute atomic E-state index is 12.0. The van der Waals surface area contributed by atoms with Gasteiger partial charge in [-0.25, -0.2) is 0 Å². The maximum Gasteiger partial charge on any atom is 0.237 e. The van der Waals surface area contributed by atoms with Crippen molar-refractivity contribution in [2.45, 2.75) is 58.2 Å². The zero-order chi connectivity index (χ0) is 13.7. The average Bonchev–Trinajstić information content (AvgIpc) is 3.08. The molecule has 1 aromatic rings. The van der Waals surface area contributed by atoms with Gasteiger partial charge in [0.2, 0.25) is 5.91 Å². The average molecular weight is 264 g/mol. The molecule has 0 saturated heterocycles. The Labute approximate surface area is 114 Å². The fourth-order valence-electron chi connectivity index (χ4n) is 2.80. The molecule has 2 N–H and O–H groups in total. The summed E-state index contributed by atoms with van der Waals surface area (Å²) in [6, 6.07) is 3.93. The summed E-state index contributed by atoms with van der Waals surface area (Å²) in [5.41, 5.74) is 0. The van der Waals surface area contributed by atoms with Gasteiger partial charge in [0.15, 0.2) is 0 Å². The summed E-state index contributed by atoms with van der Waals surface area (Å²) in [5.74, 6) is 1.53. The van der Waals surface area contributed by atoms with E-state index in [0.29, 0.717) is 12.6 Å². The van der Waals surface area contributed by atoms with Crippen LogP contribution in [0, 0.1) is 5.92 Å². The van der Waals surface area contributed by atoms with Crippen LogP contribution in [0.15, 0.2) is 22.8 Å². The van der Waals surface area contributed by atoms with Crippen molar-refractivity contribution in [2.75, 3.05) is 0 Å². The Bertz CT molecular complexity index is 383. The number of amides is 1. The molecular formula is C15H24N2O2. The van der Waals surface area contributed by atoms with Crippen LogP contribution < -0.4 is 10.6 Å². The van der Waals surface area contributed by atoms with Crippen LogP contribution in [0.2, 0.25) is 0 Å². The smallest absolute Gasteiger partial charge is 0.237 e. The minimum Gasteiger partial charge on any atom is -0.467 e. The molecule has 0 radical (unpaired) electrons. The third-order valence-electron chi connectivity index (χ3n) is 4.03. The molecule has 1 aromatic heterocycles. The summed E-state index contributed by atoms with van der Waals surface area (Å²) >= 11 is 0. The first-order valence-electron chi connectivity index (χ1n) is 7.23. The monoisotopic (exact) mass is 264 g/mol. The lowest BCUT2D eigenvalue weighted by atomic mass is 9.99. The first kappa shape index (κ1) is 14.1. The molecule has 19 heavy (non-hydrogen) atoms. The zero-order valence-electron chi connectivity index (χ0n) is 11.8. The number of nitrogens with one attached hydrogen (secondary N) is 2. The highest BCUT2D eigenvalue weighted by Gasteiger charge is 2.24. The van der Waals surface area contributed by atoms with Crippen LogP contribution in [0.5, 0.6) is 0 Å². The summed E-state index contributed by atoms with van der Waals surface area (Å²) < 4.78 is 5.19. The van der Waals surface area contributed by atoms with Crippen molar-refractivity contribution in [1.29, 1.82) is 0 Å². The van der Waals surface area contributed by atoms with Gasteiger partial charge in [-0.05, 0) is 44.7 Å². The lowest BCUT2D eigenvalue weighted by Gasteiger charge is -2.24. The van der Waals surface area contributed by atoms with Gasteiger partial charge in [0.1, 0.15) is 5.76 Å². The highest BCUT2D eigenvalue weighted by atomic mass is 16.3. The Morgan fingerprint density at radius 1 is 1.42 bits per heavy atom. The Hall–Kier alpha value is -1.29. The Kier molecular flexibility index (Phi) is 5.02. The van der Waals surface area contributed by atoms with Crippen molar-refractivity contribution in [2.24, 2.45) is 5.92 Å². The summed E-state index contributed by atoms with van der Waals surface area (Å²) in [5, 5.41) is 6.29. The van der Waals surface area contributed by atoms with Crippen LogP contribution in [0.1, 0.15) is 45.3 Å². The van der Waals surface area contributed by atoms with Crippen LogP contribution in [0.3, 0.4) is 0 Å². The predicted octanol–water partition coefficient (Wildman–Crippen LogP) is 2.45. The molecule has 2 atom stereocenters. The normalized spacial score (nSPS) is 19.3. The van der Waals surface area contributed by atoms with Crippen LogP contribution in [-0.4, -0.2) is 18.0 Å². The van der Waals surface area contributed by atoms with E-state index in [1.807, 2.05) is 19.1 Å². The molecule has 4 nitrogen and oxygen atoms in total. The second-order valence-corrected chi connectivity index (χ2v) is 5.52. The van der Waals surface area contributed by atoms with Crippen molar-refractivity contribution in [3.8, 4) is 0 Å². The van der Waals surface area contributed by atoms with Gasteiger partial charge in [-0.3, -0.25) is 4.79 Å². The molecular weight excluding hydrogens is 240 g/mol. The first-order valence-corrected chi connectivity index (χ1v) is 7.23. The molecule has 4 heteroatoms. The third kappa shape index (κ3) is 4.10. The molecule has 0 aromatic carbocycles. The summed E-state index contributed by atoms with van der Waals surface area (Å²) in [6.07, 6.45) is 6.85. The molecule has 0 bridgehead atoms. The summed E-state index contributed by atoms with van der Waals surface area (Å²) in [6.45, 7) is 4.56. The van der Waals surface area contributed by atoms with Crippen LogP contribution >= 0.6 is 0 Å². The number of carbonyl (C=O) groups excluding carboxylic acids is 1. The molecule has 1 aliphatic carbocycles. The number of furan rings is 1. The fraction of sp³-hybridized carbons (Fsp3) is 0.667. The van der Waals surface area contributed by atoms with Gasteiger partial charge in [0.25, 0.3) is 0 Å². The van der Waals surface area contributed by atoms with Gasteiger partial charge in [0.05, 0.1) is 18.8 Å². The molecule has 1 heterocycles. The van der Waals surface area contributed by atoms with E-state index >= 15 is 0 Å². The summed E-state index contributed by atoms with van der Waals surface area (Å²) in [7, 11) is 0. The highest BCUT2D eigenvalue weighted by Crippen LogP contribution is 2.27. The van der Waals surface area contributed by atoms with E-state index in [1.165, 1.54) is 25.7 Å². The molecule has 0 spiro atoms. The lowest BCUT2D eigenvalue weighted by molar-refractivity contribution is -0.123. The fourth-order valence-corrected chi connectivity index (χ4v) is 2.80. The van der Waals surface area contributed by atoms with Crippen molar-refractivity contribution < 1.29 is 9.21 Å². The minimum absolute atomic E-state index is 0.0289. The van der Waals surface area contributed by atoms with E-state index in [0.717, 1.165) is 11.7 Å². The number of hydrogen-bond donors (Lipinski definition) is 2. The van der Waals surface area contributed by atoms with Gasteiger partial charge in [-0.1, -0.05) is 12.8 Å². The molecule has 1 amide bonds. The van der Waals surface area contributed by atoms with E-state index in [2.05, 4.69) is 17.6 Å². The number of hydrogen-bond acceptors (Lipinski definition) is 3. The second kappa shape index (κ2) is 6.75. The van der Waals surface area contributed by atoms with E-state index in [-0.39, 0.29) is 11.9 Å². The van der Waals surface area contributed by atoms with Gasteiger partial charge >= 0.3 is 0 Å².